The predicted octanol–water partition coefficient (Wildman–Crippen LogP) is 2.88. The van der Waals surface area contributed by atoms with Crippen LogP contribution >= 0.6 is 0 Å². The molecule has 17 heavy (non-hydrogen) atoms. The van der Waals surface area contributed by atoms with E-state index >= 15 is 0 Å². The molecule has 0 aliphatic heterocycles. The molecule has 2 heteroatoms. The summed E-state index contributed by atoms with van der Waals surface area (Å²) in [4.78, 5) is 11.5. The van der Waals surface area contributed by atoms with E-state index < -0.39 is 0 Å². The van der Waals surface area contributed by atoms with Crippen molar-refractivity contribution in [2.75, 3.05) is 7.05 Å². The minimum Gasteiger partial charge on any atom is -0.359 e. The normalized spacial score (nSPS) is 16.6. The van der Waals surface area contributed by atoms with E-state index in [1.807, 2.05) is 0 Å². The van der Waals surface area contributed by atoms with Crippen LogP contribution in [0.15, 0.2) is 24.3 Å². The van der Waals surface area contributed by atoms with Gasteiger partial charge in [0.05, 0.1) is 0 Å². The Bertz CT molecular complexity index is 378. The van der Waals surface area contributed by atoms with Crippen molar-refractivity contribution < 1.29 is 4.79 Å². The number of benzene rings is 1. The summed E-state index contributed by atoms with van der Waals surface area (Å²) >= 11 is 0. The summed E-state index contributed by atoms with van der Waals surface area (Å²) < 4.78 is 0. The fourth-order valence-electron chi connectivity index (χ4n) is 2.36. The first-order valence-corrected chi connectivity index (χ1v) is 6.54. The first-order chi connectivity index (χ1) is 8.24. The number of hydrogen-bond donors (Lipinski definition) is 1. The van der Waals surface area contributed by atoms with Crippen LogP contribution in [-0.4, -0.2) is 13.0 Å². The fourth-order valence-corrected chi connectivity index (χ4v) is 2.36. The third kappa shape index (κ3) is 3.09. The zero-order chi connectivity index (χ0) is 12.3. The lowest BCUT2D eigenvalue weighted by atomic mass is 9.90. The summed E-state index contributed by atoms with van der Waals surface area (Å²) in [7, 11) is 1.71. The van der Waals surface area contributed by atoms with E-state index in [9.17, 15) is 4.79 Å². The molecular weight excluding hydrogens is 210 g/mol. The highest BCUT2D eigenvalue weighted by molar-refractivity contribution is 5.76. The van der Waals surface area contributed by atoms with E-state index in [0.717, 1.165) is 12.3 Å². The number of carbonyl (C=O) groups is 1. The molecule has 1 saturated carbocycles. The molecule has 0 saturated heterocycles. The Labute approximate surface area is 103 Å². The molecule has 0 aromatic heterocycles. The monoisotopic (exact) mass is 231 g/mol. The van der Waals surface area contributed by atoms with E-state index in [-0.39, 0.29) is 5.91 Å². The maximum Gasteiger partial charge on any atom is 0.220 e. The van der Waals surface area contributed by atoms with Gasteiger partial charge in [0.15, 0.2) is 0 Å². The highest BCUT2D eigenvalue weighted by Gasteiger charge is 2.33. The average Bonchev–Trinajstić information content (AvgIpc) is 3.20. The van der Waals surface area contributed by atoms with Crippen LogP contribution in [0.1, 0.15) is 43.2 Å². The Hall–Kier alpha value is -1.31. The molecule has 1 fully saturated rings. The van der Waals surface area contributed by atoms with Crippen molar-refractivity contribution in [3.8, 4) is 0 Å². The minimum atomic E-state index is 0.154. The second kappa shape index (κ2) is 5.35. The molecule has 1 atom stereocenters. The van der Waals surface area contributed by atoms with E-state index in [2.05, 4.69) is 36.5 Å². The van der Waals surface area contributed by atoms with Crippen molar-refractivity contribution >= 4 is 5.91 Å². The van der Waals surface area contributed by atoms with Gasteiger partial charge < -0.3 is 5.32 Å². The van der Waals surface area contributed by atoms with Crippen LogP contribution in [0, 0.1) is 5.92 Å². The quantitative estimate of drug-likeness (QED) is 0.829. The number of amides is 1. The summed E-state index contributed by atoms with van der Waals surface area (Å²) in [6.45, 7) is 2.16. The summed E-state index contributed by atoms with van der Waals surface area (Å²) in [6.07, 6.45) is 4.25. The lowest BCUT2D eigenvalue weighted by molar-refractivity contribution is -0.121. The van der Waals surface area contributed by atoms with Crippen molar-refractivity contribution in [3.05, 3.63) is 35.4 Å². The fraction of sp³-hybridized carbons (Fsp3) is 0.533. The van der Waals surface area contributed by atoms with E-state index in [1.54, 1.807) is 7.05 Å². The largest absolute Gasteiger partial charge is 0.359 e. The van der Waals surface area contributed by atoms with Crippen molar-refractivity contribution in [1.82, 2.24) is 5.32 Å². The second-order valence-corrected chi connectivity index (χ2v) is 4.92. The molecule has 1 N–H and O–H groups in total. The highest BCUT2D eigenvalue weighted by atomic mass is 16.1. The highest BCUT2D eigenvalue weighted by Crippen LogP contribution is 2.44. The van der Waals surface area contributed by atoms with Gasteiger partial charge in [-0.2, -0.15) is 0 Å². The lowest BCUT2D eigenvalue weighted by Crippen LogP contribution is -2.21. The number of rotatable bonds is 5. The minimum absolute atomic E-state index is 0.154. The van der Waals surface area contributed by atoms with E-state index in [4.69, 9.17) is 0 Å². The van der Waals surface area contributed by atoms with Crippen LogP contribution < -0.4 is 5.32 Å². The third-order valence-corrected chi connectivity index (χ3v) is 3.69. The number of carbonyl (C=O) groups excluding carboxylic acids is 1. The van der Waals surface area contributed by atoms with Crippen molar-refractivity contribution in [3.63, 3.8) is 0 Å². The Morgan fingerprint density at radius 1 is 1.35 bits per heavy atom. The zero-order valence-electron chi connectivity index (χ0n) is 10.7. The molecule has 92 valence electrons. The van der Waals surface area contributed by atoms with Crippen LogP contribution in [0.3, 0.4) is 0 Å². The van der Waals surface area contributed by atoms with Crippen molar-refractivity contribution in [1.29, 1.82) is 0 Å². The van der Waals surface area contributed by atoms with Crippen LogP contribution in [0.4, 0.5) is 0 Å². The van der Waals surface area contributed by atoms with Crippen molar-refractivity contribution in [2.45, 2.75) is 38.5 Å². The summed E-state index contributed by atoms with van der Waals surface area (Å²) in [5, 5.41) is 2.73. The first kappa shape index (κ1) is 12.2. The van der Waals surface area contributed by atoms with Gasteiger partial charge in [0.1, 0.15) is 0 Å². The van der Waals surface area contributed by atoms with E-state index in [0.29, 0.717) is 12.3 Å². The second-order valence-electron chi connectivity index (χ2n) is 4.92. The van der Waals surface area contributed by atoms with Gasteiger partial charge in [-0.05, 0) is 42.2 Å². The van der Waals surface area contributed by atoms with Gasteiger partial charge in [-0.25, -0.2) is 0 Å². The standard InChI is InChI=1S/C15H21NO/c1-3-11-4-6-12(7-5-11)14(13-8-9-13)10-15(17)16-2/h4-7,13-14H,3,8-10H2,1-2H3,(H,16,17). The van der Waals surface area contributed by atoms with Crippen LogP contribution in [0.25, 0.3) is 0 Å². The predicted molar refractivity (Wildman–Crippen MR) is 70.0 cm³/mol. The molecular formula is C15H21NO. The average molecular weight is 231 g/mol. The topological polar surface area (TPSA) is 29.1 Å². The molecule has 1 amide bonds. The van der Waals surface area contributed by atoms with Gasteiger partial charge in [0.25, 0.3) is 0 Å². The number of hydrogen-bond acceptors (Lipinski definition) is 1. The van der Waals surface area contributed by atoms with Crippen LogP contribution in [-0.2, 0) is 11.2 Å². The van der Waals surface area contributed by atoms with E-state index in [1.165, 1.54) is 24.0 Å². The van der Waals surface area contributed by atoms with Crippen molar-refractivity contribution in [2.24, 2.45) is 5.92 Å². The van der Waals surface area contributed by atoms with Gasteiger partial charge in [0.2, 0.25) is 5.91 Å². The SMILES string of the molecule is CCc1ccc(C(CC(=O)NC)C2CC2)cc1. The first-order valence-electron chi connectivity index (χ1n) is 6.54. The molecule has 0 heterocycles. The van der Waals surface area contributed by atoms with Gasteiger partial charge in [-0.1, -0.05) is 31.2 Å². The van der Waals surface area contributed by atoms with Gasteiger partial charge in [-0.3, -0.25) is 4.79 Å². The molecule has 2 nitrogen and oxygen atoms in total. The van der Waals surface area contributed by atoms with Crippen LogP contribution in [0.2, 0.25) is 0 Å². The van der Waals surface area contributed by atoms with Gasteiger partial charge >= 0.3 is 0 Å². The Kier molecular flexibility index (Phi) is 3.82. The molecule has 1 aromatic carbocycles. The summed E-state index contributed by atoms with van der Waals surface area (Å²) in [6, 6.07) is 8.78. The smallest absolute Gasteiger partial charge is 0.220 e. The Morgan fingerprint density at radius 3 is 2.47 bits per heavy atom. The molecule has 1 aliphatic carbocycles. The molecule has 1 aliphatic rings. The zero-order valence-corrected chi connectivity index (χ0v) is 10.7. The molecule has 1 aromatic rings. The Morgan fingerprint density at radius 2 is 2.00 bits per heavy atom. The van der Waals surface area contributed by atoms with Gasteiger partial charge in [-0.15, -0.1) is 0 Å². The molecule has 1 unspecified atom stereocenters. The maximum atomic E-state index is 11.5. The number of nitrogens with one attached hydrogen (secondary N) is 1. The number of aryl methyl sites for hydroxylation is 1. The molecule has 0 radical (unpaired) electrons. The van der Waals surface area contributed by atoms with Crippen LogP contribution in [0.5, 0.6) is 0 Å². The maximum absolute atomic E-state index is 11.5. The van der Waals surface area contributed by atoms with Gasteiger partial charge in [0, 0.05) is 13.5 Å². The molecule has 0 spiro atoms. The summed E-state index contributed by atoms with van der Waals surface area (Å²) in [5.41, 5.74) is 2.69. The Balaban J connectivity index is 2.11. The summed E-state index contributed by atoms with van der Waals surface area (Å²) in [5.74, 6) is 1.29. The molecule has 0 bridgehead atoms. The lowest BCUT2D eigenvalue weighted by Gasteiger charge is -2.16. The third-order valence-electron chi connectivity index (χ3n) is 3.69. The molecule has 2 rings (SSSR count).